The van der Waals surface area contributed by atoms with Gasteiger partial charge in [0, 0.05) is 23.6 Å². The molecule has 0 bridgehead atoms. The van der Waals surface area contributed by atoms with E-state index in [2.05, 4.69) is 20.5 Å². The molecule has 0 unspecified atom stereocenters. The summed E-state index contributed by atoms with van der Waals surface area (Å²) in [7, 11) is 0. The van der Waals surface area contributed by atoms with Gasteiger partial charge in [0.05, 0.1) is 19.0 Å². The number of nitrogens with one attached hydrogen (secondary N) is 1. The Kier molecular flexibility index (Phi) is 7.99. The van der Waals surface area contributed by atoms with E-state index in [4.69, 9.17) is 9.47 Å². The average Bonchev–Trinajstić information content (AvgIpc) is 3.22. The van der Waals surface area contributed by atoms with Gasteiger partial charge >= 0.3 is 5.97 Å². The van der Waals surface area contributed by atoms with Crippen molar-refractivity contribution in [2.45, 2.75) is 19.0 Å². The largest absolute Gasteiger partial charge is 0.494 e. The maximum absolute atomic E-state index is 12.1. The molecule has 0 spiro atoms. The lowest BCUT2D eigenvalue weighted by Crippen LogP contribution is -2.31. The summed E-state index contributed by atoms with van der Waals surface area (Å²) in [6.07, 6.45) is 3.39. The van der Waals surface area contributed by atoms with Crippen LogP contribution in [0.5, 0.6) is 5.75 Å². The molecule has 162 valence electrons. The number of thioether (sulfide) groups is 1. The minimum absolute atomic E-state index is 0.0710. The van der Waals surface area contributed by atoms with Gasteiger partial charge in [-0.05, 0) is 50.2 Å². The molecular formula is C21H23N5O4S. The van der Waals surface area contributed by atoms with Gasteiger partial charge in [-0.15, -0.1) is 10.2 Å². The second kappa shape index (κ2) is 11.1. The standard InChI is InChI=1S/C21H23N5O4S/c1-3-29-17-9-7-16(8-10-17)26-20(15-6-5-11-22-12-15)24-25-21(26)31-14-18(27)23-13-19(28)30-4-2/h5-12H,3-4,13-14H2,1-2H3,(H,23,27). The summed E-state index contributed by atoms with van der Waals surface area (Å²) in [6.45, 7) is 4.32. The molecule has 0 aliphatic rings. The monoisotopic (exact) mass is 441 g/mol. The Labute approximate surface area is 184 Å². The minimum Gasteiger partial charge on any atom is -0.494 e. The smallest absolute Gasteiger partial charge is 0.325 e. The molecule has 10 heteroatoms. The fourth-order valence-electron chi connectivity index (χ4n) is 2.70. The van der Waals surface area contributed by atoms with Gasteiger partial charge in [-0.25, -0.2) is 0 Å². The van der Waals surface area contributed by atoms with E-state index < -0.39 is 5.97 Å². The van der Waals surface area contributed by atoms with Crippen LogP contribution in [0.15, 0.2) is 53.9 Å². The van der Waals surface area contributed by atoms with Crippen LogP contribution in [0.2, 0.25) is 0 Å². The zero-order valence-electron chi connectivity index (χ0n) is 17.3. The summed E-state index contributed by atoms with van der Waals surface area (Å²) < 4.78 is 12.2. The second-order valence-corrected chi connectivity index (χ2v) is 7.12. The van der Waals surface area contributed by atoms with Gasteiger partial charge < -0.3 is 14.8 Å². The number of aromatic nitrogens is 4. The molecule has 0 fully saturated rings. The number of pyridine rings is 1. The Morgan fingerprint density at radius 3 is 2.58 bits per heavy atom. The zero-order valence-corrected chi connectivity index (χ0v) is 18.1. The van der Waals surface area contributed by atoms with E-state index in [9.17, 15) is 9.59 Å². The third-order valence-corrected chi connectivity index (χ3v) is 4.96. The molecule has 1 N–H and O–H groups in total. The maximum Gasteiger partial charge on any atom is 0.325 e. The second-order valence-electron chi connectivity index (χ2n) is 6.18. The van der Waals surface area contributed by atoms with E-state index in [1.165, 1.54) is 11.8 Å². The summed E-state index contributed by atoms with van der Waals surface area (Å²) >= 11 is 1.22. The van der Waals surface area contributed by atoms with Gasteiger partial charge in [0.2, 0.25) is 5.91 Å². The first-order chi connectivity index (χ1) is 15.1. The van der Waals surface area contributed by atoms with Crippen molar-refractivity contribution in [3.05, 3.63) is 48.8 Å². The van der Waals surface area contributed by atoms with Crippen molar-refractivity contribution in [1.29, 1.82) is 0 Å². The van der Waals surface area contributed by atoms with Crippen molar-refractivity contribution in [3.63, 3.8) is 0 Å². The van der Waals surface area contributed by atoms with Crippen LogP contribution in [0.25, 0.3) is 17.1 Å². The first-order valence-electron chi connectivity index (χ1n) is 9.76. The molecule has 2 heterocycles. The first-order valence-corrected chi connectivity index (χ1v) is 10.7. The van der Waals surface area contributed by atoms with Gasteiger partial charge in [-0.3, -0.25) is 19.1 Å². The van der Waals surface area contributed by atoms with E-state index in [0.29, 0.717) is 17.6 Å². The van der Waals surface area contributed by atoms with Crippen LogP contribution >= 0.6 is 11.8 Å². The molecule has 1 aromatic carbocycles. The summed E-state index contributed by atoms with van der Waals surface area (Å²) in [6, 6.07) is 11.3. The highest BCUT2D eigenvalue weighted by molar-refractivity contribution is 7.99. The quantitative estimate of drug-likeness (QED) is 0.378. The molecule has 2 aromatic heterocycles. The van der Waals surface area contributed by atoms with Crippen molar-refractivity contribution >= 4 is 23.6 Å². The average molecular weight is 442 g/mol. The lowest BCUT2D eigenvalue weighted by molar-refractivity contribution is -0.143. The van der Waals surface area contributed by atoms with E-state index in [1.807, 2.05) is 47.9 Å². The molecule has 1 amide bonds. The highest BCUT2D eigenvalue weighted by atomic mass is 32.2. The number of esters is 1. The summed E-state index contributed by atoms with van der Waals surface area (Å²) in [5.41, 5.74) is 1.62. The van der Waals surface area contributed by atoms with Crippen LogP contribution in [-0.2, 0) is 14.3 Å². The van der Waals surface area contributed by atoms with Crippen LogP contribution in [0, 0.1) is 0 Å². The Morgan fingerprint density at radius 2 is 1.90 bits per heavy atom. The lowest BCUT2D eigenvalue weighted by Gasteiger charge is -2.11. The summed E-state index contributed by atoms with van der Waals surface area (Å²) in [4.78, 5) is 27.7. The van der Waals surface area contributed by atoms with Gasteiger partial charge in [0.1, 0.15) is 12.3 Å². The van der Waals surface area contributed by atoms with E-state index in [1.54, 1.807) is 19.3 Å². The van der Waals surface area contributed by atoms with Crippen molar-refractivity contribution in [2.75, 3.05) is 25.5 Å². The van der Waals surface area contributed by atoms with Crippen molar-refractivity contribution < 1.29 is 19.1 Å². The van der Waals surface area contributed by atoms with Crippen LogP contribution in [0.3, 0.4) is 0 Å². The molecule has 9 nitrogen and oxygen atoms in total. The van der Waals surface area contributed by atoms with Gasteiger partial charge in [-0.1, -0.05) is 11.8 Å². The molecule has 0 radical (unpaired) electrons. The third-order valence-electron chi connectivity index (χ3n) is 4.03. The van der Waals surface area contributed by atoms with Crippen LogP contribution < -0.4 is 10.1 Å². The number of amides is 1. The molecule has 0 aliphatic heterocycles. The van der Waals surface area contributed by atoms with Crippen molar-refractivity contribution in [1.82, 2.24) is 25.1 Å². The number of hydrogen-bond donors (Lipinski definition) is 1. The molecule has 3 rings (SSSR count). The summed E-state index contributed by atoms with van der Waals surface area (Å²) in [5.74, 6) is 0.655. The van der Waals surface area contributed by atoms with E-state index in [0.717, 1.165) is 17.0 Å². The number of nitrogens with zero attached hydrogens (tertiary/aromatic N) is 4. The number of benzene rings is 1. The topological polar surface area (TPSA) is 108 Å². The van der Waals surface area contributed by atoms with Gasteiger partial charge in [0.15, 0.2) is 11.0 Å². The fourth-order valence-corrected chi connectivity index (χ4v) is 3.48. The number of carbonyl (C=O) groups is 2. The van der Waals surface area contributed by atoms with Gasteiger partial charge in [0.25, 0.3) is 0 Å². The number of hydrogen-bond acceptors (Lipinski definition) is 8. The molecule has 0 saturated heterocycles. The normalized spacial score (nSPS) is 10.5. The molecule has 31 heavy (non-hydrogen) atoms. The first kappa shape index (κ1) is 22.3. The Balaban J connectivity index is 1.81. The fraction of sp³-hybridized carbons (Fsp3) is 0.286. The SMILES string of the molecule is CCOC(=O)CNC(=O)CSc1nnc(-c2cccnc2)n1-c1ccc(OCC)cc1. The Morgan fingerprint density at radius 1 is 1.10 bits per heavy atom. The van der Waals surface area contributed by atoms with E-state index >= 15 is 0 Å². The van der Waals surface area contributed by atoms with Crippen molar-refractivity contribution in [2.24, 2.45) is 0 Å². The van der Waals surface area contributed by atoms with E-state index in [-0.39, 0.29) is 24.8 Å². The number of carbonyl (C=O) groups excluding carboxylic acids is 2. The molecular weight excluding hydrogens is 418 g/mol. The molecule has 0 saturated carbocycles. The highest BCUT2D eigenvalue weighted by Crippen LogP contribution is 2.28. The molecule has 3 aromatic rings. The summed E-state index contributed by atoms with van der Waals surface area (Å²) in [5, 5.41) is 11.7. The molecule has 0 aliphatic carbocycles. The number of ether oxygens (including phenoxy) is 2. The Hall–Kier alpha value is -3.40. The predicted octanol–water partition coefficient (Wildman–Crippen LogP) is 2.50. The maximum atomic E-state index is 12.1. The molecule has 0 atom stereocenters. The highest BCUT2D eigenvalue weighted by Gasteiger charge is 2.18. The van der Waals surface area contributed by atoms with Crippen LogP contribution in [-0.4, -0.2) is 57.1 Å². The van der Waals surface area contributed by atoms with Gasteiger partial charge in [-0.2, -0.15) is 0 Å². The zero-order chi connectivity index (χ0) is 22.1. The lowest BCUT2D eigenvalue weighted by atomic mass is 10.2. The third kappa shape index (κ3) is 6.05. The van der Waals surface area contributed by atoms with Crippen LogP contribution in [0.4, 0.5) is 0 Å². The Bertz CT molecular complexity index is 1010. The minimum atomic E-state index is -0.475. The van der Waals surface area contributed by atoms with Crippen LogP contribution in [0.1, 0.15) is 13.8 Å². The van der Waals surface area contributed by atoms with Crippen molar-refractivity contribution in [3.8, 4) is 22.8 Å². The number of rotatable bonds is 10. The predicted molar refractivity (Wildman–Crippen MR) is 116 cm³/mol.